The molecule has 3 heterocycles. The van der Waals surface area contributed by atoms with Crippen LogP contribution in [0.15, 0.2) is 12.1 Å². The molecule has 1 fully saturated rings. The molecule has 4 nitrogen and oxygen atoms in total. The van der Waals surface area contributed by atoms with E-state index in [1.807, 2.05) is 6.07 Å². The summed E-state index contributed by atoms with van der Waals surface area (Å²) >= 11 is 6.46. The van der Waals surface area contributed by atoms with Gasteiger partial charge in [0.15, 0.2) is 0 Å². The summed E-state index contributed by atoms with van der Waals surface area (Å²) in [7, 11) is 4.34. The van der Waals surface area contributed by atoms with Crippen molar-refractivity contribution in [2.75, 3.05) is 26.7 Å². The van der Waals surface area contributed by atoms with E-state index in [1.54, 1.807) is 0 Å². The van der Waals surface area contributed by atoms with E-state index in [-0.39, 0.29) is 0 Å². The maximum Gasteiger partial charge on any atom is 0.111 e. The number of likely N-dealkylation sites (N-methyl/N-ethyl adjacent to an activating group) is 1. The number of rotatable bonds is 3. The Kier molecular flexibility index (Phi) is 4.80. The zero-order chi connectivity index (χ0) is 17.6. The molecule has 0 bridgehead atoms. The van der Waals surface area contributed by atoms with E-state index in [0.717, 1.165) is 37.6 Å². The predicted molar refractivity (Wildman–Crippen MR) is 103 cm³/mol. The minimum absolute atomic E-state index is 0.420. The number of nitrogens with zero attached hydrogens (tertiary/aromatic N) is 3. The first kappa shape index (κ1) is 17.3. The maximum atomic E-state index is 10.8. The van der Waals surface area contributed by atoms with Crippen LogP contribution in [-0.2, 0) is 26.4 Å². The number of aliphatic hydroxyl groups excluding tert-OH is 1. The van der Waals surface area contributed by atoms with E-state index < -0.39 is 6.23 Å². The average Bonchev–Trinajstić information content (AvgIpc) is 2.87. The molecule has 2 aliphatic rings. The fourth-order valence-corrected chi connectivity index (χ4v) is 4.85. The minimum atomic E-state index is -0.420. The lowest BCUT2D eigenvalue weighted by molar-refractivity contribution is -0.00680. The molecule has 2 aromatic rings. The van der Waals surface area contributed by atoms with Crippen LogP contribution in [0.1, 0.15) is 36.1 Å². The van der Waals surface area contributed by atoms with Crippen molar-refractivity contribution in [3.05, 3.63) is 34.0 Å². The number of aliphatic hydroxyl groups is 1. The van der Waals surface area contributed by atoms with Gasteiger partial charge in [-0.1, -0.05) is 18.0 Å². The van der Waals surface area contributed by atoms with Gasteiger partial charge < -0.3 is 14.6 Å². The Bertz CT molecular complexity index is 779. The van der Waals surface area contributed by atoms with Crippen molar-refractivity contribution in [1.82, 2.24) is 14.4 Å². The van der Waals surface area contributed by atoms with Gasteiger partial charge in [0.25, 0.3) is 0 Å². The van der Waals surface area contributed by atoms with E-state index in [4.69, 9.17) is 11.6 Å². The molecule has 4 rings (SSSR count). The highest BCUT2D eigenvalue weighted by Gasteiger charge is 2.25. The summed E-state index contributed by atoms with van der Waals surface area (Å²) in [6, 6.07) is 4.15. The molecule has 0 saturated carbocycles. The van der Waals surface area contributed by atoms with Gasteiger partial charge in [-0.05, 0) is 43.1 Å². The molecule has 0 amide bonds. The van der Waals surface area contributed by atoms with E-state index >= 15 is 0 Å². The Morgan fingerprint density at radius 3 is 2.64 bits per heavy atom. The number of halogens is 1. The number of likely N-dealkylation sites (tertiary alicyclic amines) is 1. The summed E-state index contributed by atoms with van der Waals surface area (Å²) in [6.45, 7) is 4.07. The van der Waals surface area contributed by atoms with Crippen molar-refractivity contribution >= 4 is 22.5 Å². The Labute approximate surface area is 155 Å². The second-order valence-electron chi connectivity index (χ2n) is 7.71. The van der Waals surface area contributed by atoms with Crippen LogP contribution in [0.4, 0.5) is 0 Å². The molecule has 25 heavy (non-hydrogen) atoms. The highest BCUT2D eigenvalue weighted by molar-refractivity contribution is 6.31. The molecule has 1 aromatic heterocycles. The normalized spacial score (nSPS) is 20.8. The van der Waals surface area contributed by atoms with E-state index in [0.29, 0.717) is 6.42 Å². The Morgan fingerprint density at radius 2 is 1.88 bits per heavy atom. The van der Waals surface area contributed by atoms with E-state index in [1.165, 1.54) is 47.0 Å². The van der Waals surface area contributed by atoms with Gasteiger partial charge in [-0.15, -0.1) is 0 Å². The van der Waals surface area contributed by atoms with Crippen molar-refractivity contribution in [2.24, 2.45) is 7.05 Å². The summed E-state index contributed by atoms with van der Waals surface area (Å²) in [6.07, 6.45) is 4.95. The molecule has 5 heteroatoms. The van der Waals surface area contributed by atoms with Crippen LogP contribution in [0.3, 0.4) is 0 Å². The molecule has 1 atom stereocenters. The predicted octanol–water partition coefficient (Wildman–Crippen LogP) is 3.17. The van der Waals surface area contributed by atoms with Gasteiger partial charge in [0.05, 0.1) is 5.52 Å². The van der Waals surface area contributed by atoms with Crippen LogP contribution < -0.4 is 0 Å². The molecular weight excluding hydrogens is 334 g/mol. The fourth-order valence-electron chi connectivity index (χ4n) is 4.61. The van der Waals surface area contributed by atoms with Crippen LogP contribution in [0, 0.1) is 0 Å². The van der Waals surface area contributed by atoms with Gasteiger partial charge in [-0.2, -0.15) is 0 Å². The first-order valence-corrected chi connectivity index (χ1v) is 9.81. The van der Waals surface area contributed by atoms with Crippen molar-refractivity contribution < 1.29 is 5.11 Å². The summed E-state index contributed by atoms with van der Waals surface area (Å²) in [4.78, 5) is 4.58. The van der Waals surface area contributed by atoms with E-state index in [9.17, 15) is 5.11 Å². The molecule has 0 spiro atoms. The third-order valence-electron chi connectivity index (χ3n) is 5.94. The third kappa shape index (κ3) is 3.21. The van der Waals surface area contributed by atoms with Gasteiger partial charge in [-0.25, -0.2) is 0 Å². The number of fused-ring (bicyclic) bond motifs is 3. The monoisotopic (exact) mass is 361 g/mol. The van der Waals surface area contributed by atoms with Gasteiger partial charge in [0.2, 0.25) is 0 Å². The molecule has 1 aromatic carbocycles. The summed E-state index contributed by atoms with van der Waals surface area (Å²) < 4.78 is 2.34. The number of aryl methyl sites for hydroxylation is 1. The number of hydrogen-bond acceptors (Lipinski definition) is 3. The van der Waals surface area contributed by atoms with Gasteiger partial charge >= 0.3 is 0 Å². The second-order valence-corrected chi connectivity index (χ2v) is 8.15. The highest BCUT2D eigenvalue weighted by Crippen LogP contribution is 2.34. The standard InChI is InChI=1S/C20H28ClN3O/c1-22-9-6-18-17(13-22)16-12-15(21)10-14(20(16)23(18)2)11-19(25)24-7-4-3-5-8-24/h10,12,19,25H,3-9,11,13H2,1-2H3. The molecule has 0 aliphatic carbocycles. The lowest BCUT2D eigenvalue weighted by Gasteiger charge is -2.31. The van der Waals surface area contributed by atoms with Gasteiger partial charge in [-0.3, -0.25) is 4.90 Å². The van der Waals surface area contributed by atoms with Crippen molar-refractivity contribution in [3.63, 3.8) is 0 Å². The topological polar surface area (TPSA) is 31.6 Å². The van der Waals surface area contributed by atoms with Crippen LogP contribution in [0.5, 0.6) is 0 Å². The quantitative estimate of drug-likeness (QED) is 0.911. The Morgan fingerprint density at radius 1 is 1.12 bits per heavy atom. The molecule has 136 valence electrons. The van der Waals surface area contributed by atoms with E-state index in [2.05, 4.69) is 34.5 Å². The van der Waals surface area contributed by atoms with Crippen LogP contribution in [0.25, 0.3) is 10.9 Å². The number of benzene rings is 1. The Balaban J connectivity index is 1.73. The van der Waals surface area contributed by atoms with Gasteiger partial charge in [0, 0.05) is 62.2 Å². The number of aromatic nitrogens is 1. The zero-order valence-corrected chi connectivity index (χ0v) is 16.0. The summed E-state index contributed by atoms with van der Waals surface area (Å²) in [5, 5.41) is 12.8. The number of hydrogen-bond donors (Lipinski definition) is 1. The Hall–Kier alpha value is -1.07. The third-order valence-corrected chi connectivity index (χ3v) is 6.16. The van der Waals surface area contributed by atoms with Crippen molar-refractivity contribution in [3.8, 4) is 0 Å². The summed E-state index contributed by atoms with van der Waals surface area (Å²) in [5.41, 5.74) is 5.24. The maximum absolute atomic E-state index is 10.8. The molecule has 1 N–H and O–H groups in total. The second kappa shape index (κ2) is 6.92. The first-order valence-electron chi connectivity index (χ1n) is 9.44. The lowest BCUT2D eigenvalue weighted by Crippen LogP contribution is -2.40. The smallest absolute Gasteiger partial charge is 0.111 e. The first-order chi connectivity index (χ1) is 12.0. The van der Waals surface area contributed by atoms with Crippen LogP contribution in [-0.4, -0.2) is 52.4 Å². The van der Waals surface area contributed by atoms with Crippen LogP contribution in [0.2, 0.25) is 5.02 Å². The van der Waals surface area contributed by atoms with Crippen molar-refractivity contribution in [1.29, 1.82) is 0 Å². The number of piperidine rings is 1. The van der Waals surface area contributed by atoms with Crippen molar-refractivity contribution in [2.45, 2.75) is 44.9 Å². The van der Waals surface area contributed by atoms with Crippen LogP contribution >= 0.6 is 11.6 Å². The fraction of sp³-hybridized carbons (Fsp3) is 0.600. The molecule has 2 aliphatic heterocycles. The highest BCUT2D eigenvalue weighted by atomic mass is 35.5. The summed E-state index contributed by atoms with van der Waals surface area (Å²) in [5.74, 6) is 0. The van der Waals surface area contributed by atoms with Gasteiger partial charge in [0.1, 0.15) is 6.23 Å². The largest absolute Gasteiger partial charge is 0.378 e. The zero-order valence-electron chi connectivity index (χ0n) is 15.3. The molecule has 1 unspecified atom stereocenters. The molecular formula is C20H28ClN3O. The SMILES string of the molecule is CN1CCc2c(c3cc(Cl)cc(CC(O)N4CCCCC4)c3n2C)C1. The average molecular weight is 362 g/mol. The minimum Gasteiger partial charge on any atom is -0.378 e. The molecule has 0 radical (unpaired) electrons. The molecule has 1 saturated heterocycles. The lowest BCUT2D eigenvalue weighted by atomic mass is 10.0.